The van der Waals surface area contributed by atoms with Gasteiger partial charge in [-0.3, -0.25) is 0 Å². The molecule has 4 nitrogen and oxygen atoms in total. The van der Waals surface area contributed by atoms with E-state index in [1.165, 1.54) is 6.07 Å². The summed E-state index contributed by atoms with van der Waals surface area (Å²) in [6, 6.07) is 4.95. The summed E-state index contributed by atoms with van der Waals surface area (Å²) >= 11 is 0. The van der Waals surface area contributed by atoms with Crippen molar-refractivity contribution in [2.24, 2.45) is 0 Å². The summed E-state index contributed by atoms with van der Waals surface area (Å²) in [5.74, 6) is 0. The van der Waals surface area contributed by atoms with E-state index in [4.69, 9.17) is 5.11 Å². The van der Waals surface area contributed by atoms with Gasteiger partial charge in [-0.2, -0.15) is 0 Å². The SMILES string of the molecule is CC1CNc2ccc(CO)cc2S1(=O)=O. The molecule has 0 fully saturated rings. The van der Waals surface area contributed by atoms with Gasteiger partial charge in [0.15, 0.2) is 9.84 Å². The first kappa shape index (κ1) is 10.4. The molecule has 0 radical (unpaired) electrons. The maximum Gasteiger partial charge on any atom is 0.184 e. The third-order valence-corrected chi connectivity index (χ3v) is 4.82. The van der Waals surface area contributed by atoms with E-state index in [2.05, 4.69) is 5.32 Å². The Kier molecular flexibility index (Phi) is 2.44. The molecule has 82 valence electrons. The summed E-state index contributed by atoms with van der Waals surface area (Å²) in [5.41, 5.74) is 1.25. The van der Waals surface area contributed by atoms with Crippen LogP contribution in [-0.4, -0.2) is 25.3 Å². The van der Waals surface area contributed by atoms with Crippen LogP contribution in [0, 0.1) is 0 Å². The number of nitrogens with one attached hydrogen (secondary N) is 1. The molecule has 0 amide bonds. The number of fused-ring (bicyclic) bond motifs is 1. The maximum absolute atomic E-state index is 12.0. The zero-order valence-electron chi connectivity index (χ0n) is 8.40. The van der Waals surface area contributed by atoms with Crippen LogP contribution >= 0.6 is 0 Å². The van der Waals surface area contributed by atoms with Crippen molar-refractivity contribution < 1.29 is 13.5 Å². The minimum atomic E-state index is -3.23. The summed E-state index contributed by atoms with van der Waals surface area (Å²) in [4.78, 5) is 0.299. The average molecular weight is 227 g/mol. The van der Waals surface area contributed by atoms with Crippen LogP contribution in [0.25, 0.3) is 0 Å². The smallest absolute Gasteiger partial charge is 0.184 e. The lowest BCUT2D eigenvalue weighted by atomic mass is 10.2. The summed E-state index contributed by atoms with van der Waals surface area (Å²) in [6.07, 6.45) is 0. The highest BCUT2D eigenvalue weighted by atomic mass is 32.2. The molecule has 0 bridgehead atoms. The van der Waals surface area contributed by atoms with Gasteiger partial charge < -0.3 is 10.4 Å². The molecule has 1 heterocycles. The normalized spacial score (nSPS) is 22.9. The molecular weight excluding hydrogens is 214 g/mol. The zero-order chi connectivity index (χ0) is 11.1. The van der Waals surface area contributed by atoms with Crippen molar-refractivity contribution in [2.75, 3.05) is 11.9 Å². The van der Waals surface area contributed by atoms with E-state index in [1.54, 1.807) is 19.1 Å². The topological polar surface area (TPSA) is 66.4 Å². The maximum atomic E-state index is 12.0. The fourth-order valence-electron chi connectivity index (χ4n) is 1.63. The van der Waals surface area contributed by atoms with E-state index in [0.717, 1.165) is 0 Å². The molecular formula is C10H13NO3S. The molecule has 5 heteroatoms. The second-order valence-electron chi connectivity index (χ2n) is 3.73. The van der Waals surface area contributed by atoms with Gasteiger partial charge in [-0.25, -0.2) is 8.42 Å². The standard InChI is InChI=1S/C10H13NO3S/c1-7-5-11-9-3-2-8(6-12)4-10(9)15(7,13)14/h2-4,7,11-12H,5-6H2,1H3. The first-order valence-corrected chi connectivity index (χ1v) is 6.32. The molecule has 1 atom stereocenters. The Balaban J connectivity index is 2.62. The number of aliphatic hydroxyl groups is 1. The van der Waals surface area contributed by atoms with Crippen LogP contribution in [0.4, 0.5) is 5.69 Å². The van der Waals surface area contributed by atoms with Crippen LogP contribution < -0.4 is 5.32 Å². The van der Waals surface area contributed by atoms with Crippen molar-refractivity contribution in [3.05, 3.63) is 23.8 Å². The zero-order valence-corrected chi connectivity index (χ0v) is 9.21. The van der Waals surface area contributed by atoms with E-state index >= 15 is 0 Å². The molecule has 0 aliphatic carbocycles. The van der Waals surface area contributed by atoms with E-state index < -0.39 is 15.1 Å². The van der Waals surface area contributed by atoms with Crippen molar-refractivity contribution in [2.45, 2.75) is 23.7 Å². The molecule has 2 N–H and O–H groups in total. The predicted molar refractivity (Wildman–Crippen MR) is 57.5 cm³/mol. The number of sulfone groups is 1. The quantitative estimate of drug-likeness (QED) is 0.743. The molecule has 0 aromatic heterocycles. The van der Waals surface area contributed by atoms with Crippen LogP contribution in [0.3, 0.4) is 0 Å². The van der Waals surface area contributed by atoms with E-state index in [0.29, 0.717) is 22.7 Å². The Hall–Kier alpha value is -1.07. The molecule has 2 rings (SSSR count). The number of aliphatic hydroxyl groups excluding tert-OH is 1. The Bertz CT molecular complexity index is 481. The van der Waals surface area contributed by atoms with Crippen LogP contribution in [0.5, 0.6) is 0 Å². The average Bonchev–Trinajstić information content (AvgIpc) is 2.24. The lowest BCUT2D eigenvalue weighted by molar-refractivity contribution is 0.281. The van der Waals surface area contributed by atoms with Gasteiger partial charge in [0.25, 0.3) is 0 Å². The first-order chi connectivity index (χ1) is 7.05. The van der Waals surface area contributed by atoms with Crippen molar-refractivity contribution in [1.82, 2.24) is 0 Å². The van der Waals surface area contributed by atoms with E-state index in [-0.39, 0.29) is 6.61 Å². The largest absolute Gasteiger partial charge is 0.392 e. The lowest BCUT2D eigenvalue weighted by Gasteiger charge is -2.23. The van der Waals surface area contributed by atoms with Crippen LogP contribution in [-0.2, 0) is 16.4 Å². The third-order valence-electron chi connectivity index (χ3n) is 2.64. The van der Waals surface area contributed by atoms with Gasteiger partial charge in [0.2, 0.25) is 0 Å². The Morgan fingerprint density at radius 1 is 1.53 bits per heavy atom. The van der Waals surface area contributed by atoms with Gasteiger partial charge in [0.05, 0.1) is 22.4 Å². The van der Waals surface area contributed by atoms with Crippen LogP contribution in [0.15, 0.2) is 23.1 Å². The molecule has 1 aromatic carbocycles. The monoisotopic (exact) mass is 227 g/mol. The number of hydrogen-bond acceptors (Lipinski definition) is 4. The highest BCUT2D eigenvalue weighted by Gasteiger charge is 2.30. The molecule has 0 saturated heterocycles. The van der Waals surface area contributed by atoms with Crippen molar-refractivity contribution >= 4 is 15.5 Å². The van der Waals surface area contributed by atoms with Gasteiger partial charge in [-0.05, 0) is 24.6 Å². The highest BCUT2D eigenvalue weighted by molar-refractivity contribution is 7.92. The molecule has 15 heavy (non-hydrogen) atoms. The fourth-order valence-corrected chi connectivity index (χ4v) is 3.13. The summed E-state index contributed by atoms with van der Waals surface area (Å²) in [5, 5.41) is 11.6. The number of anilines is 1. The Morgan fingerprint density at radius 2 is 2.27 bits per heavy atom. The number of benzene rings is 1. The minimum absolute atomic E-state index is 0.142. The predicted octanol–water partition coefficient (Wildman–Crippen LogP) is 0.767. The van der Waals surface area contributed by atoms with Gasteiger partial charge in [-0.15, -0.1) is 0 Å². The lowest BCUT2D eigenvalue weighted by Crippen LogP contribution is -2.31. The van der Waals surface area contributed by atoms with Gasteiger partial charge >= 0.3 is 0 Å². The Labute approximate surface area is 88.9 Å². The summed E-state index contributed by atoms with van der Waals surface area (Å²) < 4.78 is 23.9. The molecule has 1 aliphatic rings. The second-order valence-corrected chi connectivity index (χ2v) is 6.06. The third kappa shape index (κ3) is 1.61. The number of hydrogen-bond donors (Lipinski definition) is 2. The summed E-state index contributed by atoms with van der Waals surface area (Å²) in [7, 11) is -3.23. The molecule has 0 spiro atoms. The van der Waals surface area contributed by atoms with Gasteiger partial charge in [0.1, 0.15) is 0 Å². The van der Waals surface area contributed by atoms with E-state index in [9.17, 15) is 8.42 Å². The van der Waals surface area contributed by atoms with Crippen molar-refractivity contribution in [1.29, 1.82) is 0 Å². The number of rotatable bonds is 1. The molecule has 1 unspecified atom stereocenters. The van der Waals surface area contributed by atoms with E-state index in [1.807, 2.05) is 0 Å². The fraction of sp³-hybridized carbons (Fsp3) is 0.400. The second kappa shape index (κ2) is 3.50. The molecule has 1 aliphatic heterocycles. The van der Waals surface area contributed by atoms with Gasteiger partial charge in [0, 0.05) is 6.54 Å². The molecule has 0 saturated carbocycles. The highest BCUT2D eigenvalue weighted by Crippen LogP contribution is 2.30. The summed E-state index contributed by atoms with van der Waals surface area (Å²) in [6.45, 7) is 1.97. The molecule has 1 aromatic rings. The van der Waals surface area contributed by atoms with Crippen molar-refractivity contribution in [3.63, 3.8) is 0 Å². The van der Waals surface area contributed by atoms with Crippen LogP contribution in [0.1, 0.15) is 12.5 Å². The Morgan fingerprint density at radius 3 is 2.93 bits per heavy atom. The van der Waals surface area contributed by atoms with Crippen LogP contribution in [0.2, 0.25) is 0 Å². The van der Waals surface area contributed by atoms with Crippen molar-refractivity contribution in [3.8, 4) is 0 Å². The van der Waals surface area contributed by atoms with Gasteiger partial charge in [-0.1, -0.05) is 6.07 Å². The minimum Gasteiger partial charge on any atom is -0.392 e. The first-order valence-electron chi connectivity index (χ1n) is 4.77.